The lowest BCUT2D eigenvalue weighted by Crippen LogP contribution is -2.20. The number of carbonyl (C=O) groups excluding carboxylic acids is 1. The van der Waals surface area contributed by atoms with E-state index in [1.165, 1.54) is 5.56 Å². The van der Waals surface area contributed by atoms with Gasteiger partial charge in [0.25, 0.3) is 0 Å². The second-order valence-corrected chi connectivity index (χ2v) is 9.17. The second kappa shape index (κ2) is 11.2. The van der Waals surface area contributed by atoms with Gasteiger partial charge < -0.3 is 14.8 Å². The van der Waals surface area contributed by atoms with E-state index in [1.807, 2.05) is 66.7 Å². The average molecular weight is 478 g/mol. The van der Waals surface area contributed by atoms with E-state index in [4.69, 9.17) is 9.47 Å². The van der Waals surface area contributed by atoms with E-state index in [0.29, 0.717) is 30.3 Å². The molecule has 4 heteroatoms. The second-order valence-electron chi connectivity index (χ2n) is 9.17. The third kappa shape index (κ3) is 5.34. The minimum atomic E-state index is -0.00631. The first-order valence-corrected chi connectivity index (χ1v) is 12.5. The highest BCUT2D eigenvalue weighted by molar-refractivity contribution is 6.00. The van der Waals surface area contributed by atoms with Crippen LogP contribution >= 0.6 is 0 Å². The molecule has 0 saturated heterocycles. The van der Waals surface area contributed by atoms with Crippen LogP contribution in [0.2, 0.25) is 0 Å². The molecule has 1 atom stereocenters. The zero-order valence-corrected chi connectivity index (χ0v) is 20.6. The molecule has 182 valence electrons. The molecule has 4 aromatic rings. The summed E-state index contributed by atoms with van der Waals surface area (Å²) >= 11 is 0. The Morgan fingerprint density at radius 3 is 2.03 bits per heavy atom. The van der Waals surface area contributed by atoms with Crippen molar-refractivity contribution in [3.63, 3.8) is 0 Å². The summed E-state index contributed by atoms with van der Waals surface area (Å²) in [5.74, 6) is 1.26. The van der Waals surface area contributed by atoms with Crippen molar-refractivity contribution in [2.75, 3.05) is 13.1 Å². The largest absolute Gasteiger partial charge is 0.485 e. The molecule has 0 fully saturated rings. The monoisotopic (exact) mass is 477 g/mol. The highest BCUT2D eigenvalue weighted by Crippen LogP contribution is 2.42. The van der Waals surface area contributed by atoms with Gasteiger partial charge in [-0.05, 0) is 53.8 Å². The van der Waals surface area contributed by atoms with Crippen LogP contribution in [0, 0.1) is 0 Å². The fraction of sp³-hybridized carbons (Fsp3) is 0.219. The number of hydrogen-bond acceptors (Lipinski definition) is 4. The Balaban J connectivity index is 1.62. The van der Waals surface area contributed by atoms with Crippen molar-refractivity contribution < 1.29 is 14.3 Å². The summed E-state index contributed by atoms with van der Waals surface area (Å²) in [6, 6.07) is 32.7. The van der Waals surface area contributed by atoms with E-state index in [-0.39, 0.29) is 11.7 Å². The predicted molar refractivity (Wildman–Crippen MR) is 143 cm³/mol. The number of hydrogen-bond donors (Lipinski definition) is 1. The number of rotatable bonds is 8. The number of carbonyl (C=O) groups is 1. The molecule has 36 heavy (non-hydrogen) atoms. The van der Waals surface area contributed by atoms with Crippen LogP contribution < -0.4 is 14.8 Å². The standard InChI is InChI=1S/C32H31NO3/c1-23(34)31-27-17-18-33-20-29(26-15-9-4-10-16-26)28(27)19-30(35-21-24-11-5-2-6-12-24)32(31)36-22-25-13-7-3-8-14-25/h2-16,19,29,33H,17-18,20-22H2,1H3. The zero-order chi connectivity index (χ0) is 24.7. The summed E-state index contributed by atoms with van der Waals surface area (Å²) < 4.78 is 12.8. The molecule has 1 aliphatic heterocycles. The highest BCUT2D eigenvalue weighted by Gasteiger charge is 2.29. The van der Waals surface area contributed by atoms with Crippen LogP contribution in [0.4, 0.5) is 0 Å². The van der Waals surface area contributed by atoms with E-state index >= 15 is 0 Å². The van der Waals surface area contributed by atoms with Crippen molar-refractivity contribution in [3.8, 4) is 11.5 Å². The maximum absolute atomic E-state index is 13.2. The quantitative estimate of drug-likeness (QED) is 0.302. The van der Waals surface area contributed by atoms with Crippen molar-refractivity contribution in [1.29, 1.82) is 0 Å². The Morgan fingerprint density at radius 1 is 0.833 bits per heavy atom. The van der Waals surface area contributed by atoms with Gasteiger partial charge in [-0.15, -0.1) is 0 Å². The summed E-state index contributed by atoms with van der Waals surface area (Å²) in [4.78, 5) is 13.2. The summed E-state index contributed by atoms with van der Waals surface area (Å²) in [7, 11) is 0. The van der Waals surface area contributed by atoms with Gasteiger partial charge in [-0.25, -0.2) is 0 Å². The van der Waals surface area contributed by atoms with Gasteiger partial charge >= 0.3 is 0 Å². The highest BCUT2D eigenvalue weighted by atomic mass is 16.5. The molecular weight excluding hydrogens is 446 g/mol. The van der Waals surface area contributed by atoms with Crippen molar-refractivity contribution >= 4 is 5.78 Å². The summed E-state index contributed by atoms with van der Waals surface area (Å²) in [6.07, 6.45) is 0.758. The van der Waals surface area contributed by atoms with E-state index < -0.39 is 0 Å². The first kappa shape index (κ1) is 23.8. The third-order valence-corrected chi connectivity index (χ3v) is 6.68. The van der Waals surface area contributed by atoms with Gasteiger partial charge in [-0.2, -0.15) is 0 Å². The topological polar surface area (TPSA) is 47.6 Å². The molecule has 0 aromatic heterocycles. The molecule has 0 amide bonds. The molecule has 1 heterocycles. The summed E-state index contributed by atoms with van der Waals surface area (Å²) in [5.41, 5.74) is 6.14. The summed E-state index contributed by atoms with van der Waals surface area (Å²) in [6.45, 7) is 3.99. The number of ether oxygens (including phenoxy) is 2. The Labute approximate surface area is 212 Å². The van der Waals surface area contributed by atoms with E-state index in [9.17, 15) is 4.79 Å². The molecule has 0 bridgehead atoms. The maximum atomic E-state index is 13.2. The molecule has 0 spiro atoms. The normalized spacial score (nSPS) is 15.0. The Hall–Kier alpha value is -3.89. The predicted octanol–water partition coefficient (Wildman–Crippen LogP) is 6.32. The van der Waals surface area contributed by atoms with Gasteiger partial charge in [0.1, 0.15) is 13.2 Å². The van der Waals surface area contributed by atoms with Crippen LogP contribution in [0.1, 0.15) is 51.0 Å². The van der Waals surface area contributed by atoms with Crippen LogP contribution in [0.25, 0.3) is 0 Å². The first-order valence-electron chi connectivity index (χ1n) is 12.5. The van der Waals surface area contributed by atoms with Crippen molar-refractivity contribution in [1.82, 2.24) is 5.32 Å². The fourth-order valence-corrected chi connectivity index (χ4v) is 4.92. The molecule has 1 N–H and O–H groups in total. The molecule has 5 rings (SSSR count). The minimum Gasteiger partial charge on any atom is -0.485 e. The number of benzene rings is 4. The third-order valence-electron chi connectivity index (χ3n) is 6.68. The zero-order valence-electron chi connectivity index (χ0n) is 20.6. The van der Waals surface area contributed by atoms with Crippen LogP contribution in [0.15, 0.2) is 97.1 Å². The van der Waals surface area contributed by atoms with E-state index in [2.05, 4.69) is 35.6 Å². The lowest BCUT2D eigenvalue weighted by atomic mass is 9.84. The fourth-order valence-electron chi connectivity index (χ4n) is 4.92. The Kier molecular flexibility index (Phi) is 7.44. The molecule has 0 aliphatic carbocycles. The van der Waals surface area contributed by atoms with Crippen LogP contribution in [-0.2, 0) is 19.6 Å². The minimum absolute atomic E-state index is 0.00631. The van der Waals surface area contributed by atoms with Crippen LogP contribution in [0.3, 0.4) is 0 Å². The van der Waals surface area contributed by atoms with Gasteiger partial charge in [-0.1, -0.05) is 91.0 Å². The number of fused-ring (bicyclic) bond motifs is 1. The van der Waals surface area contributed by atoms with Crippen LogP contribution in [0.5, 0.6) is 11.5 Å². The Morgan fingerprint density at radius 2 is 1.42 bits per heavy atom. The lowest BCUT2D eigenvalue weighted by Gasteiger charge is -2.24. The maximum Gasteiger partial charge on any atom is 0.172 e. The Bertz CT molecular complexity index is 1300. The van der Waals surface area contributed by atoms with Gasteiger partial charge in [0.05, 0.1) is 5.56 Å². The van der Waals surface area contributed by atoms with Crippen molar-refractivity contribution in [2.45, 2.75) is 32.5 Å². The first-order chi connectivity index (χ1) is 17.7. The molecule has 4 nitrogen and oxygen atoms in total. The SMILES string of the molecule is CC(=O)c1c2c(cc(OCc3ccccc3)c1OCc1ccccc1)C(c1ccccc1)CNCC2. The number of ketones is 1. The van der Waals surface area contributed by atoms with Crippen LogP contribution in [-0.4, -0.2) is 18.9 Å². The lowest BCUT2D eigenvalue weighted by molar-refractivity contribution is 0.101. The van der Waals surface area contributed by atoms with E-state index in [1.54, 1.807) is 6.92 Å². The molecule has 1 unspecified atom stereocenters. The molecule has 1 aliphatic rings. The molecular formula is C32H31NO3. The number of nitrogens with one attached hydrogen (secondary N) is 1. The van der Waals surface area contributed by atoms with Gasteiger partial charge in [0, 0.05) is 12.5 Å². The average Bonchev–Trinajstić information content (AvgIpc) is 3.14. The van der Waals surface area contributed by atoms with Gasteiger partial charge in [0.15, 0.2) is 17.3 Å². The molecule has 4 aromatic carbocycles. The number of Topliss-reactive ketones (excluding diaryl/α,β-unsaturated/α-hetero) is 1. The van der Waals surface area contributed by atoms with Gasteiger partial charge in [0.2, 0.25) is 0 Å². The summed E-state index contributed by atoms with van der Waals surface area (Å²) in [5, 5.41) is 3.57. The van der Waals surface area contributed by atoms with E-state index in [0.717, 1.165) is 41.8 Å². The molecule has 0 saturated carbocycles. The smallest absolute Gasteiger partial charge is 0.172 e. The van der Waals surface area contributed by atoms with Crippen molar-refractivity contribution in [3.05, 3.63) is 130 Å². The molecule has 0 radical (unpaired) electrons. The van der Waals surface area contributed by atoms with Gasteiger partial charge in [-0.3, -0.25) is 4.79 Å². The van der Waals surface area contributed by atoms with Crippen molar-refractivity contribution in [2.24, 2.45) is 0 Å².